The summed E-state index contributed by atoms with van der Waals surface area (Å²) >= 11 is 3.98. The number of thiol groups is 1. The van der Waals surface area contributed by atoms with Gasteiger partial charge in [0.1, 0.15) is 0 Å². The zero-order chi connectivity index (χ0) is 10.6. The number of carboxylic acid groups (broad SMARTS) is 1. The standard InChI is InChI=1S/C9H16N2O2S/c1-11-5-3-2-4-8(11)10-7(6-14)9(12)13/h7,14H,2-6H2,1H3,(H,12,13)/t7-/m0/s1. The molecule has 0 unspecified atom stereocenters. The monoisotopic (exact) mass is 216 g/mol. The van der Waals surface area contributed by atoms with Gasteiger partial charge >= 0.3 is 5.97 Å². The van der Waals surface area contributed by atoms with Gasteiger partial charge in [-0.25, -0.2) is 4.79 Å². The second-order valence-corrected chi connectivity index (χ2v) is 3.83. The Morgan fingerprint density at radius 2 is 2.43 bits per heavy atom. The second-order valence-electron chi connectivity index (χ2n) is 3.46. The number of piperidine rings is 1. The minimum atomic E-state index is -0.897. The van der Waals surface area contributed by atoms with Crippen LogP contribution in [0.5, 0.6) is 0 Å². The number of aliphatic imine (C=N–C) groups is 1. The van der Waals surface area contributed by atoms with E-state index in [4.69, 9.17) is 5.11 Å². The van der Waals surface area contributed by atoms with Crippen LogP contribution < -0.4 is 0 Å². The maximum Gasteiger partial charge on any atom is 0.329 e. The maximum absolute atomic E-state index is 10.7. The molecule has 4 nitrogen and oxygen atoms in total. The highest BCUT2D eigenvalue weighted by molar-refractivity contribution is 7.80. The van der Waals surface area contributed by atoms with Crippen LogP contribution in [0, 0.1) is 0 Å². The fourth-order valence-corrected chi connectivity index (χ4v) is 1.71. The largest absolute Gasteiger partial charge is 0.480 e. The Morgan fingerprint density at radius 3 is 2.93 bits per heavy atom. The Labute approximate surface area is 89.4 Å². The van der Waals surface area contributed by atoms with Crippen molar-refractivity contribution in [2.24, 2.45) is 4.99 Å². The third-order valence-corrected chi connectivity index (χ3v) is 2.69. The van der Waals surface area contributed by atoms with Crippen molar-refractivity contribution in [2.45, 2.75) is 25.3 Å². The normalized spacial score (nSPS) is 22.4. The number of amidine groups is 1. The molecular weight excluding hydrogens is 200 g/mol. The Kier molecular flexibility index (Phi) is 4.25. The molecule has 0 spiro atoms. The van der Waals surface area contributed by atoms with Crippen LogP contribution in [0.2, 0.25) is 0 Å². The molecule has 1 saturated heterocycles. The minimum absolute atomic E-state index is 0.257. The van der Waals surface area contributed by atoms with E-state index in [1.165, 1.54) is 0 Å². The highest BCUT2D eigenvalue weighted by Gasteiger charge is 2.18. The molecule has 14 heavy (non-hydrogen) atoms. The van der Waals surface area contributed by atoms with Gasteiger partial charge in [0.15, 0.2) is 6.04 Å². The first-order valence-corrected chi connectivity index (χ1v) is 5.40. The lowest BCUT2D eigenvalue weighted by atomic mass is 10.1. The van der Waals surface area contributed by atoms with Crippen LogP contribution in [0.3, 0.4) is 0 Å². The van der Waals surface area contributed by atoms with E-state index in [0.717, 1.165) is 31.6 Å². The van der Waals surface area contributed by atoms with E-state index in [9.17, 15) is 4.79 Å². The fraction of sp³-hybridized carbons (Fsp3) is 0.778. The highest BCUT2D eigenvalue weighted by Crippen LogP contribution is 2.11. The van der Waals surface area contributed by atoms with E-state index in [-0.39, 0.29) is 5.75 Å². The van der Waals surface area contributed by atoms with Gasteiger partial charge in [0.2, 0.25) is 0 Å². The Hall–Kier alpha value is -0.710. The van der Waals surface area contributed by atoms with Crippen LogP contribution in [0.15, 0.2) is 4.99 Å². The molecule has 80 valence electrons. The van der Waals surface area contributed by atoms with Crippen LogP contribution in [0.1, 0.15) is 19.3 Å². The zero-order valence-electron chi connectivity index (χ0n) is 8.31. The summed E-state index contributed by atoms with van der Waals surface area (Å²) in [5.74, 6) is 0.260. The maximum atomic E-state index is 10.7. The third-order valence-electron chi connectivity index (χ3n) is 2.35. The Morgan fingerprint density at radius 1 is 1.71 bits per heavy atom. The van der Waals surface area contributed by atoms with Crippen LogP contribution in [0.4, 0.5) is 0 Å². The first kappa shape index (κ1) is 11.4. The van der Waals surface area contributed by atoms with Gasteiger partial charge in [-0.2, -0.15) is 12.6 Å². The number of likely N-dealkylation sites (tertiary alicyclic amines) is 1. The van der Waals surface area contributed by atoms with Crippen molar-refractivity contribution < 1.29 is 9.90 Å². The number of carbonyl (C=O) groups is 1. The van der Waals surface area contributed by atoms with Gasteiger partial charge in [-0.05, 0) is 12.8 Å². The summed E-state index contributed by atoms with van der Waals surface area (Å²) < 4.78 is 0. The van der Waals surface area contributed by atoms with Crippen molar-refractivity contribution in [3.05, 3.63) is 0 Å². The first-order chi connectivity index (χ1) is 6.65. The summed E-state index contributed by atoms with van der Waals surface area (Å²) in [5.41, 5.74) is 0. The molecule has 5 heteroatoms. The molecule has 1 N–H and O–H groups in total. The summed E-state index contributed by atoms with van der Waals surface area (Å²) in [4.78, 5) is 17.0. The molecule has 1 atom stereocenters. The molecule has 0 aliphatic carbocycles. The predicted molar refractivity (Wildman–Crippen MR) is 59.2 cm³/mol. The smallest absolute Gasteiger partial charge is 0.329 e. The molecule has 1 rings (SSSR count). The molecule has 1 fully saturated rings. The summed E-state index contributed by atoms with van der Waals surface area (Å²) in [6.45, 7) is 0.970. The van der Waals surface area contributed by atoms with E-state index in [1.54, 1.807) is 0 Å². The quantitative estimate of drug-likeness (QED) is 0.689. The van der Waals surface area contributed by atoms with E-state index >= 15 is 0 Å². The molecule has 1 heterocycles. The number of rotatable bonds is 3. The van der Waals surface area contributed by atoms with E-state index in [2.05, 4.69) is 17.6 Å². The summed E-state index contributed by atoms with van der Waals surface area (Å²) in [6.07, 6.45) is 3.14. The fourth-order valence-electron chi connectivity index (χ4n) is 1.47. The first-order valence-electron chi connectivity index (χ1n) is 4.76. The van der Waals surface area contributed by atoms with Crippen molar-refractivity contribution in [2.75, 3.05) is 19.3 Å². The molecule has 0 aromatic carbocycles. The number of hydrogen-bond acceptors (Lipinski definition) is 3. The number of hydrogen-bond donors (Lipinski definition) is 2. The molecule has 0 aromatic rings. The molecule has 1 aliphatic rings. The highest BCUT2D eigenvalue weighted by atomic mass is 32.1. The van der Waals surface area contributed by atoms with Crippen molar-refractivity contribution >= 4 is 24.4 Å². The van der Waals surface area contributed by atoms with Crippen LogP contribution in [-0.2, 0) is 4.79 Å². The lowest BCUT2D eigenvalue weighted by Crippen LogP contribution is -2.34. The van der Waals surface area contributed by atoms with E-state index in [1.807, 2.05) is 11.9 Å². The van der Waals surface area contributed by atoms with Crippen molar-refractivity contribution in [3.8, 4) is 0 Å². The summed E-state index contributed by atoms with van der Waals surface area (Å²) in [7, 11) is 1.95. The van der Waals surface area contributed by atoms with Crippen molar-refractivity contribution in [3.63, 3.8) is 0 Å². The Bertz CT molecular complexity index is 243. The van der Waals surface area contributed by atoms with Gasteiger partial charge < -0.3 is 10.0 Å². The predicted octanol–water partition coefficient (Wildman–Crippen LogP) is 0.884. The van der Waals surface area contributed by atoms with Gasteiger partial charge in [-0.15, -0.1) is 0 Å². The average Bonchev–Trinajstić information content (AvgIpc) is 2.16. The molecule has 0 radical (unpaired) electrons. The van der Waals surface area contributed by atoms with Gasteiger partial charge in [-0.1, -0.05) is 0 Å². The van der Waals surface area contributed by atoms with Gasteiger partial charge in [-0.3, -0.25) is 4.99 Å². The summed E-state index contributed by atoms with van der Waals surface area (Å²) in [6, 6.07) is -0.700. The molecule has 0 aromatic heterocycles. The molecule has 1 aliphatic heterocycles. The van der Waals surface area contributed by atoms with Gasteiger partial charge in [0.05, 0.1) is 5.84 Å². The van der Waals surface area contributed by atoms with Crippen molar-refractivity contribution in [1.82, 2.24) is 4.90 Å². The van der Waals surface area contributed by atoms with E-state index < -0.39 is 12.0 Å². The number of nitrogens with zero attached hydrogens (tertiary/aromatic N) is 2. The molecular formula is C9H16N2O2S. The lowest BCUT2D eigenvalue weighted by Gasteiger charge is -2.26. The van der Waals surface area contributed by atoms with Crippen LogP contribution >= 0.6 is 12.6 Å². The second kappa shape index (κ2) is 5.24. The van der Waals surface area contributed by atoms with E-state index in [0.29, 0.717) is 0 Å². The molecule has 0 bridgehead atoms. The van der Waals surface area contributed by atoms with Crippen molar-refractivity contribution in [1.29, 1.82) is 0 Å². The number of carboxylic acids is 1. The van der Waals surface area contributed by atoms with Gasteiger partial charge in [0.25, 0.3) is 0 Å². The van der Waals surface area contributed by atoms with Gasteiger partial charge in [0, 0.05) is 25.8 Å². The lowest BCUT2D eigenvalue weighted by molar-refractivity contribution is -0.137. The third kappa shape index (κ3) is 2.90. The SMILES string of the molecule is CN1CCCCC1=N[C@@H](CS)C(=O)O. The Balaban J connectivity index is 2.67. The topological polar surface area (TPSA) is 52.9 Å². The molecule has 0 saturated carbocycles. The number of aliphatic carboxylic acids is 1. The molecule has 0 amide bonds. The average molecular weight is 216 g/mol. The van der Waals surface area contributed by atoms with Crippen LogP contribution in [0.25, 0.3) is 0 Å². The summed E-state index contributed by atoms with van der Waals surface area (Å²) in [5, 5.41) is 8.82. The zero-order valence-corrected chi connectivity index (χ0v) is 9.20. The minimum Gasteiger partial charge on any atom is -0.480 e. The van der Waals surface area contributed by atoms with Crippen LogP contribution in [-0.4, -0.2) is 47.2 Å².